The molecule has 0 N–H and O–H groups in total. The third-order valence-corrected chi connectivity index (χ3v) is 8.21. The Hall–Kier alpha value is -1.81. The lowest BCUT2D eigenvalue weighted by Crippen LogP contribution is -2.25. The highest BCUT2D eigenvalue weighted by Gasteiger charge is 2.30. The predicted molar refractivity (Wildman–Crippen MR) is 137 cm³/mol. The summed E-state index contributed by atoms with van der Waals surface area (Å²) in [7, 11) is 0. The quantitative estimate of drug-likeness (QED) is 0.195. The van der Waals surface area contributed by atoms with Crippen LogP contribution in [-0.4, -0.2) is 0 Å². The molecule has 0 amide bonds. The van der Waals surface area contributed by atoms with Gasteiger partial charge in [0, 0.05) is 6.08 Å². The second-order valence-corrected chi connectivity index (χ2v) is 10.5. The van der Waals surface area contributed by atoms with E-state index >= 15 is 0 Å². The highest BCUT2D eigenvalue weighted by Crippen LogP contribution is 2.42. The van der Waals surface area contributed by atoms with Crippen molar-refractivity contribution in [3.63, 3.8) is 0 Å². The number of unbranched alkanes of at least 4 members (excludes halogenated alkanes) is 2. The van der Waals surface area contributed by atoms with Gasteiger partial charge in [-0.3, -0.25) is 0 Å². The van der Waals surface area contributed by atoms with Crippen LogP contribution in [0.1, 0.15) is 102 Å². The highest BCUT2D eigenvalue weighted by atomic mass is 14.4. The topological polar surface area (TPSA) is 23.8 Å². The number of hydrogen-bond acceptors (Lipinski definition) is 1. The van der Waals surface area contributed by atoms with Crippen LogP contribution in [0.4, 0.5) is 0 Å². The molecule has 0 unspecified atom stereocenters. The van der Waals surface area contributed by atoms with Crippen molar-refractivity contribution < 1.29 is 0 Å². The summed E-state index contributed by atoms with van der Waals surface area (Å²) in [5, 5.41) is 8.57. The summed E-state index contributed by atoms with van der Waals surface area (Å²) >= 11 is 0. The number of benzene rings is 1. The largest absolute Gasteiger partial charge is 0.193 e. The highest BCUT2D eigenvalue weighted by molar-refractivity contribution is 5.22. The van der Waals surface area contributed by atoms with Crippen LogP contribution in [0.2, 0.25) is 0 Å². The fraction of sp³-hybridized carbons (Fsp3) is 0.645. The monoisotopic (exact) mass is 431 g/mol. The number of aryl methyl sites for hydroxylation is 2. The molecule has 0 aromatic heterocycles. The number of nitrogens with zero attached hydrogens (tertiary/aromatic N) is 1. The van der Waals surface area contributed by atoms with Gasteiger partial charge in [0.2, 0.25) is 0 Å². The molecule has 32 heavy (non-hydrogen) atoms. The van der Waals surface area contributed by atoms with Crippen LogP contribution in [0.15, 0.2) is 48.6 Å². The van der Waals surface area contributed by atoms with Crippen molar-refractivity contribution in [2.24, 2.45) is 23.7 Å². The summed E-state index contributed by atoms with van der Waals surface area (Å²) < 4.78 is 0. The van der Waals surface area contributed by atoms with Gasteiger partial charge in [0.25, 0.3) is 0 Å². The zero-order valence-electron chi connectivity index (χ0n) is 20.5. The van der Waals surface area contributed by atoms with Crippen molar-refractivity contribution in [1.82, 2.24) is 0 Å². The molecule has 0 aliphatic heterocycles. The van der Waals surface area contributed by atoms with E-state index in [9.17, 15) is 0 Å². The zero-order valence-corrected chi connectivity index (χ0v) is 20.5. The van der Waals surface area contributed by atoms with E-state index in [0.29, 0.717) is 0 Å². The van der Waals surface area contributed by atoms with E-state index in [1.165, 1.54) is 107 Å². The summed E-state index contributed by atoms with van der Waals surface area (Å²) in [6, 6.07) is 11.5. The fourth-order valence-corrected chi connectivity index (χ4v) is 6.09. The Morgan fingerprint density at radius 3 is 1.97 bits per heavy atom. The Morgan fingerprint density at radius 1 is 0.781 bits per heavy atom. The van der Waals surface area contributed by atoms with Crippen molar-refractivity contribution in [1.29, 1.82) is 5.26 Å². The van der Waals surface area contributed by atoms with Gasteiger partial charge in [0.15, 0.2) is 0 Å². The molecule has 2 fully saturated rings. The van der Waals surface area contributed by atoms with Gasteiger partial charge in [0.05, 0.1) is 6.07 Å². The van der Waals surface area contributed by atoms with E-state index in [-0.39, 0.29) is 0 Å². The van der Waals surface area contributed by atoms with E-state index in [2.05, 4.69) is 49.4 Å². The van der Waals surface area contributed by atoms with Gasteiger partial charge in [-0.2, -0.15) is 5.26 Å². The zero-order chi connectivity index (χ0) is 22.4. The first-order chi connectivity index (χ1) is 15.8. The van der Waals surface area contributed by atoms with Crippen LogP contribution >= 0.6 is 0 Å². The molecule has 3 rings (SSSR count). The smallest absolute Gasteiger partial charge is 0.0912 e. The summed E-state index contributed by atoms with van der Waals surface area (Å²) in [5.74, 6) is 3.71. The summed E-state index contributed by atoms with van der Waals surface area (Å²) in [6.07, 6.45) is 28.6. The second-order valence-electron chi connectivity index (χ2n) is 10.5. The van der Waals surface area contributed by atoms with Gasteiger partial charge in [-0.05, 0) is 99.0 Å². The van der Waals surface area contributed by atoms with Crippen LogP contribution in [-0.2, 0) is 12.8 Å². The Balaban J connectivity index is 1.26. The Labute approximate surface area is 198 Å². The van der Waals surface area contributed by atoms with Gasteiger partial charge < -0.3 is 0 Å². The third-order valence-electron chi connectivity index (χ3n) is 8.21. The minimum absolute atomic E-state index is 0.735. The summed E-state index contributed by atoms with van der Waals surface area (Å²) in [5.41, 5.74) is 3.03. The molecule has 2 aliphatic rings. The van der Waals surface area contributed by atoms with E-state index < -0.39 is 0 Å². The first kappa shape index (κ1) is 24.8. The Kier molecular flexibility index (Phi) is 11.1. The number of rotatable bonds is 11. The molecular weight excluding hydrogens is 386 g/mol. The lowest BCUT2D eigenvalue weighted by Gasteiger charge is -2.37. The van der Waals surface area contributed by atoms with Gasteiger partial charge >= 0.3 is 0 Å². The lowest BCUT2D eigenvalue weighted by molar-refractivity contribution is 0.151. The molecule has 0 saturated heterocycles. The van der Waals surface area contributed by atoms with Crippen molar-refractivity contribution in [2.75, 3.05) is 0 Å². The van der Waals surface area contributed by atoms with Gasteiger partial charge in [-0.15, -0.1) is 0 Å². The third kappa shape index (κ3) is 8.61. The minimum Gasteiger partial charge on any atom is -0.193 e. The maximum Gasteiger partial charge on any atom is 0.0912 e. The standard InChI is InChI=1S/C31H45N/c1-2-3-9-26-13-15-27(16-14-26)11-6-7-12-29-19-23-31(24-20-29)30-21-17-28(18-22-30)10-5-4-8-25-32/h4-5,8,10,13-16,28-31H,2-3,6-7,9,11-12,17-24H2,1H3/b8-4+,10-5+. The molecule has 174 valence electrons. The maximum atomic E-state index is 8.57. The lowest BCUT2D eigenvalue weighted by atomic mass is 9.68. The fourth-order valence-electron chi connectivity index (χ4n) is 6.09. The molecule has 0 heterocycles. The van der Waals surface area contributed by atoms with Gasteiger partial charge in [0.1, 0.15) is 0 Å². The van der Waals surface area contributed by atoms with E-state index in [4.69, 9.17) is 5.26 Å². The van der Waals surface area contributed by atoms with E-state index in [1.54, 1.807) is 6.08 Å². The van der Waals surface area contributed by atoms with Gasteiger partial charge in [-0.1, -0.05) is 81.5 Å². The second kappa shape index (κ2) is 14.4. The normalized spacial score (nSPS) is 26.5. The molecule has 0 bridgehead atoms. The molecule has 2 saturated carbocycles. The SMILES string of the molecule is CCCCc1ccc(CCCCC2CCC(C3CCC(/C=C/C=C/C#N)CC3)CC2)cc1. The molecule has 1 heteroatoms. The number of hydrogen-bond donors (Lipinski definition) is 0. The summed E-state index contributed by atoms with van der Waals surface area (Å²) in [4.78, 5) is 0. The molecule has 1 aromatic rings. The molecule has 1 aromatic carbocycles. The Morgan fingerprint density at radius 2 is 1.38 bits per heavy atom. The molecule has 0 atom stereocenters. The van der Waals surface area contributed by atoms with E-state index in [1.807, 2.05) is 6.08 Å². The number of allylic oxidation sites excluding steroid dienone is 4. The maximum absolute atomic E-state index is 8.57. The van der Waals surface area contributed by atoms with Gasteiger partial charge in [-0.25, -0.2) is 0 Å². The van der Waals surface area contributed by atoms with Crippen molar-refractivity contribution in [2.45, 2.75) is 103 Å². The van der Waals surface area contributed by atoms with Crippen LogP contribution < -0.4 is 0 Å². The molecule has 0 spiro atoms. The average Bonchev–Trinajstić information content (AvgIpc) is 2.85. The molecule has 0 radical (unpaired) electrons. The summed E-state index contributed by atoms with van der Waals surface area (Å²) in [6.45, 7) is 2.27. The minimum atomic E-state index is 0.735. The Bertz CT molecular complexity index is 719. The average molecular weight is 432 g/mol. The van der Waals surface area contributed by atoms with Crippen LogP contribution in [0.3, 0.4) is 0 Å². The predicted octanol–water partition coefficient (Wildman–Crippen LogP) is 8.99. The van der Waals surface area contributed by atoms with Crippen LogP contribution in [0.5, 0.6) is 0 Å². The first-order valence-electron chi connectivity index (χ1n) is 13.6. The van der Waals surface area contributed by atoms with Crippen LogP contribution in [0.25, 0.3) is 0 Å². The first-order valence-corrected chi connectivity index (χ1v) is 13.6. The van der Waals surface area contributed by atoms with Crippen molar-refractivity contribution in [3.8, 4) is 6.07 Å². The van der Waals surface area contributed by atoms with E-state index in [0.717, 1.165) is 23.7 Å². The number of nitriles is 1. The van der Waals surface area contributed by atoms with Crippen LogP contribution in [0, 0.1) is 35.0 Å². The van der Waals surface area contributed by atoms with Crippen molar-refractivity contribution >= 4 is 0 Å². The molecular formula is C31H45N. The molecule has 2 aliphatic carbocycles. The molecule has 1 nitrogen and oxygen atoms in total. The van der Waals surface area contributed by atoms with Crippen molar-refractivity contribution in [3.05, 3.63) is 59.7 Å².